The summed E-state index contributed by atoms with van der Waals surface area (Å²) >= 11 is 0. The maximum absolute atomic E-state index is 11.4. The first-order valence-corrected chi connectivity index (χ1v) is 6.37. The zero-order chi connectivity index (χ0) is 14.9. The summed E-state index contributed by atoms with van der Waals surface area (Å²) in [5.74, 6) is -0.319. The molecular formula is C12H18N6O2. The Balaban J connectivity index is 2.39. The molecule has 0 saturated carbocycles. The highest BCUT2D eigenvalue weighted by atomic mass is 16.4. The highest BCUT2D eigenvalue weighted by Gasteiger charge is 2.33. The van der Waals surface area contributed by atoms with E-state index >= 15 is 0 Å². The van der Waals surface area contributed by atoms with E-state index in [1.165, 1.54) is 4.68 Å². The SMILES string of the molecule is CCC(C)(Cn1nnnc1-c1cn(C)nc1C)C(=O)O. The fraction of sp³-hybridized carbons (Fsp3) is 0.583. The van der Waals surface area contributed by atoms with Crippen molar-refractivity contribution >= 4 is 5.97 Å². The van der Waals surface area contributed by atoms with Gasteiger partial charge in [0.25, 0.3) is 0 Å². The Morgan fingerprint density at radius 1 is 1.50 bits per heavy atom. The van der Waals surface area contributed by atoms with Gasteiger partial charge in [-0.3, -0.25) is 9.48 Å². The van der Waals surface area contributed by atoms with Crippen LogP contribution in [0.4, 0.5) is 0 Å². The van der Waals surface area contributed by atoms with E-state index in [9.17, 15) is 9.90 Å². The third-order valence-corrected chi connectivity index (χ3v) is 3.58. The van der Waals surface area contributed by atoms with Crippen molar-refractivity contribution in [1.82, 2.24) is 30.0 Å². The van der Waals surface area contributed by atoms with Crippen molar-refractivity contribution in [3.8, 4) is 11.4 Å². The van der Waals surface area contributed by atoms with Crippen molar-refractivity contribution < 1.29 is 9.90 Å². The van der Waals surface area contributed by atoms with Gasteiger partial charge in [-0.2, -0.15) is 5.10 Å². The van der Waals surface area contributed by atoms with Gasteiger partial charge in [0.2, 0.25) is 0 Å². The van der Waals surface area contributed by atoms with Gasteiger partial charge in [-0.05, 0) is 30.7 Å². The molecule has 0 amide bonds. The smallest absolute Gasteiger partial charge is 0.311 e. The molecule has 0 aliphatic carbocycles. The fourth-order valence-electron chi connectivity index (χ4n) is 1.98. The average Bonchev–Trinajstić information content (AvgIpc) is 2.95. The maximum atomic E-state index is 11.4. The van der Waals surface area contributed by atoms with Crippen LogP contribution in [0.2, 0.25) is 0 Å². The van der Waals surface area contributed by atoms with Crippen LogP contribution >= 0.6 is 0 Å². The minimum absolute atomic E-state index is 0.218. The molecule has 0 aliphatic heterocycles. The van der Waals surface area contributed by atoms with Crippen LogP contribution in [-0.4, -0.2) is 41.1 Å². The van der Waals surface area contributed by atoms with Gasteiger partial charge in [0.15, 0.2) is 5.82 Å². The summed E-state index contributed by atoms with van der Waals surface area (Å²) in [6.07, 6.45) is 2.31. The monoisotopic (exact) mass is 278 g/mol. The van der Waals surface area contributed by atoms with Crippen molar-refractivity contribution in [2.45, 2.75) is 33.7 Å². The zero-order valence-corrected chi connectivity index (χ0v) is 12.0. The Kier molecular flexibility index (Phi) is 3.56. The number of rotatable bonds is 5. The number of aliphatic carboxylic acids is 1. The van der Waals surface area contributed by atoms with Crippen LogP contribution in [0.3, 0.4) is 0 Å². The van der Waals surface area contributed by atoms with Gasteiger partial charge in [-0.15, -0.1) is 5.10 Å². The summed E-state index contributed by atoms with van der Waals surface area (Å²) in [7, 11) is 1.82. The van der Waals surface area contributed by atoms with Gasteiger partial charge >= 0.3 is 5.97 Å². The molecule has 0 aromatic carbocycles. The number of hydrogen-bond acceptors (Lipinski definition) is 5. The summed E-state index contributed by atoms with van der Waals surface area (Å²) in [5, 5.41) is 25.2. The summed E-state index contributed by atoms with van der Waals surface area (Å²) in [5.41, 5.74) is 0.707. The summed E-state index contributed by atoms with van der Waals surface area (Å²) < 4.78 is 3.21. The lowest BCUT2D eigenvalue weighted by atomic mass is 9.88. The molecule has 2 aromatic heterocycles. The van der Waals surface area contributed by atoms with E-state index in [-0.39, 0.29) is 6.54 Å². The number of carboxylic acid groups (broad SMARTS) is 1. The van der Waals surface area contributed by atoms with Crippen LogP contribution in [0.1, 0.15) is 26.0 Å². The molecule has 0 radical (unpaired) electrons. The molecule has 0 spiro atoms. The number of aryl methyl sites for hydroxylation is 2. The first-order chi connectivity index (χ1) is 9.37. The molecule has 2 aromatic rings. The van der Waals surface area contributed by atoms with Gasteiger partial charge < -0.3 is 5.11 Å². The molecule has 1 atom stereocenters. The lowest BCUT2D eigenvalue weighted by Gasteiger charge is -2.22. The molecule has 2 heterocycles. The normalized spacial score (nSPS) is 14.2. The number of aromatic nitrogens is 6. The second kappa shape index (κ2) is 5.03. The Morgan fingerprint density at radius 2 is 2.20 bits per heavy atom. The van der Waals surface area contributed by atoms with Gasteiger partial charge in [0, 0.05) is 13.2 Å². The second-order valence-electron chi connectivity index (χ2n) is 5.18. The highest BCUT2D eigenvalue weighted by Crippen LogP contribution is 2.26. The largest absolute Gasteiger partial charge is 0.481 e. The minimum atomic E-state index is -0.903. The molecule has 0 fully saturated rings. The van der Waals surface area contributed by atoms with Gasteiger partial charge in [0.05, 0.1) is 23.2 Å². The van der Waals surface area contributed by atoms with Crippen LogP contribution in [0.15, 0.2) is 6.20 Å². The Hall–Kier alpha value is -2.25. The molecule has 0 saturated heterocycles. The molecule has 108 valence electrons. The number of nitrogens with zero attached hydrogens (tertiary/aromatic N) is 6. The Morgan fingerprint density at radius 3 is 2.70 bits per heavy atom. The lowest BCUT2D eigenvalue weighted by molar-refractivity contribution is -0.149. The third-order valence-electron chi connectivity index (χ3n) is 3.58. The van der Waals surface area contributed by atoms with Crippen LogP contribution in [0.25, 0.3) is 11.4 Å². The van der Waals surface area contributed by atoms with E-state index in [1.54, 1.807) is 11.6 Å². The van der Waals surface area contributed by atoms with Crippen LogP contribution in [0.5, 0.6) is 0 Å². The van der Waals surface area contributed by atoms with E-state index < -0.39 is 11.4 Å². The van der Waals surface area contributed by atoms with E-state index in [4.69, 9.17) is 0 Å². The standard InChI is InChI=1S/C12H18N6O2/c1-5-12(3,11(19)20)7-18-10(13-15-16-18)9-6-17(4)14-8(9)2/h6H,5,7H2,1-4H3,(H,19,20). The maximum Gasteiger partial charge on any atom is 0.311 e. The number of hydrogen-bond donors (Lipinski definition) is 1. The van der Waals surface area contributed by atoms with Crippen LogP contribution < -0.4 is 0 Å². The molecule has 8 nitrogen and oxygen atoms in total. The first-order valence-electron chi connectivity index (χ1n) is 6.37. The predicted octanol–water partition coefficient (Wildman–Crippen LogP) is 0.883. The lowest BCUT2D eigenvalue weighted by Crippen LogP contribution is -2.32. The van der Waals surface area contributed by atoms with Gasteiger partial charge in [-0.1, -0.05) is 6.92 Å². The minimum Gasteiger partial charge on any atom is -0.481 e. The van der Waals surface area contributed by atoms with Crippen LogP contribution in [0, 0.1) is 12.3 Å². The summed E-state index contributed by atoms with van der Waals surface area (Å²) in [6, 6.07) is 0. The zero-order valence-electron chi connectivity index (χ0n) is 12.0. The van der Waals surface area contributed by atoms with Crippen molar-refractivity contribution in [2.75, 3.05) is 0 Å². The number of carbonyl (C=O) groups is 1. The number of tetrazole rings is 1. The average molecular weight is 278 g/mol. The molecule has 0 bridgehead atoms. The summed E-state index contributed by atoms with van der Waals surface area (Å²) in [4.78, 5) is 11.4. The fourth-order valence-corrected chi connectivity index (χ4v) is 1.98. The second-order valence-corrected chi connectivity index (χ2v) is 5.18. The summed E-state index contributed by atoms with van der Waals surface area (Å²) in [6.45, 7) is 5.62. The van der Waals surface area contributed by atoms with Gasteiger partial charge in [-0.25, -0.2) is 4.68 Å². The van der Waals surface area contributed by atoms with E-state index in [1.807, 2.05) is 27.1 Å². The van der Waals surface area contributed by atoms with E-state index in [2.05, 4.69) is 20.6 Å². The van der Waals surface area contributed by atoms with E-state index in [0.717, 1.165) is 11.3 Å². The Labute approximate surface area is 116 Å². The molecule has 20 heavy (non-hydrogen) atoms. The quantitative estimate of drug-likeness (QED) is 0.871. The topological polar surface area (TPSA) is 98.7 Å². The molecule has 1 N–H and O–H groups in total. The van der Waals surface area contributed by atoms with Crippen molar-refractivity contribution in [2.24, 2.45) is 12.5 Å². The first kappa shape index (κ1) is 14.2. The van der Waals surface area contributed by atoms with Gasteiger partial charge in [0.1, 0.15) is 0 Å². The molecular weight excluding hydrogens is 260 g/mol. The van der Waals surface area contributed by atoms with Crippen molar-refractivity contribution in [3.63, 3.8) is 0 Å². The van der Waals surface area contributed by atoms with Crippen LogP contribution in [-0.2, 0) is 18.4 Å². The third kappa shape index (κ3) is 2.40. The predicted molar refractivity (Wildman–Crippen MR) is 70.8 cm³/mol. The Bertz CT molecular complexity index is 632. The molecule has 8 heteroatoms. The van der Waals surface area contributed by atoms with Crippen molar-refractivity contribution in [3.05, 3.63) is 11.9 Å². The van der Waals surface area contributed by atoms with Crippen molar-refractivity contribution in [1.29, 1.82) is 0 Å². The highest BCUT2D eigenvalue weighted by molar-refractivity contribution is 5.74. The number of carboxylic acids is 1. The molecule has 1 unspecified atom stereocenters. The molecule has 2 rings (SSSR count). The molecule has 0 aliphatic rings. The van der Waals surface area contributed by atoms with E-state index in [0.29, 0.717) is 12.2 Å².